The number of nitrogens with zero attached hydrogens (tertiary/aromatic N) is 4. The quantitative estimate of drug-likeness (QED) is 0.168. The Morgan fingerprint density at radius 3 is 1.52 bits per heavy atom. The van der Waals surface area contributed by atoms with E-state index in [0.717, 1.165) is 45.1 Å². The fourth-order valence-electron chi connectivity index (χ4n) is 10.4. The molecule has 2 aromatic heterocycles. The van der Waals surface area contributed by atoms with Crippen LogP contribution in [0.1, 0.15) is 51.7 Å². The van der Waals surface area contributed by atoms with E-state index in [0.29, 0.717) is 17.5 Å². The molecule has 312 valence electrons. The molecular formula is C61H48N4. The van der Waals surface area contributed by atoms with E-state index in [4.69, 9.17) is 15.0 Å². The van der Waals surface area contributed by atoms with Gasteiger partial charge in [-0.05, 0) is 116 Å². The van der Waals surface area contributed by atoms with E-state index >= 15 is 0 Å². The molecule has 0 unspecified atom stereocenters. The van der Waals surface area contributed by atoms with Crippen molar-refractivity contribution in [3.05, 3.63) is 205 Å². The summed E-state index contributed by atoms with van der Waals surface area (Å²) in [5.74, 6) is 1.90. The van der Waals surface area contributed by atoms with Gasteiger partial charge in [-0.25, -0.2) is 15.0 Å². The molecule has 4 nitrogen and oxygen atoms in total. The molecule has 0 fully saturated rings. The van der Waals surface area contributed by atoms with Gasteiger partial charge in [-0.3, -0.25) is 0 Å². The molecule has 0 amide bonds. The summed E-state index contributed by atoms with van der Waals surface area (Å²) in [7, 11) is 0. The second-order valence-electron chi connectivity index (χ2n) is 19.1. The Morgan fingerprint density at radius 2 is 0.862 bits per heavy atom. The van der Waals surface area contributed by atoms with Gasteiger partial charge in [0, 0.05) is 38.5 Å². The fraction of sp³-hybridized carbons (Fsp3) is 0.131. The molecule has 9 aromatic carbocycles. The number of aromatic nitrogens is 4. The van der Waals surface area contributed by atoms with E-state index in [-0.39, 0.29) is 10.8 Å². The topological polar surface area (TPSA) is 43.6 Å². The molecule has 0 N–H and O–H groups in total. The highest BCUT2D eigenvalue weighted by Crippen LogP contribution is 2.49. The fourth-order valence-corrected chi connectivity index (χ4v) is 10.4. The normalized spacial score (nSPS) is 14.3. The van der Waals surface area contributed by atoms with Gasteiger partial charge in [-0.15, -0.1) is 0 Å². The third-order valence-corrected chi connectivity index (χ3v) is 14.1. The van der Waals surface area contributed by atoms with E-state index in [1.807, 2.05) is 6.07 Å². The molecule has 11 aromatic rings. The van der Waals surface area contributed by atoms with Crippen molar-refractivity contribution in [1.82, 2.24) is 19.5 Å². The molecule has 0 spiro atoms. The minimum absolute atomic E-state index is 0.0788. The molecule has 1 aliphatic rings. The van der Waals surface area contributed by atoms with Gasteiger partial charge in [-0.1, -0.05) is 179 Å². The van der Waals surface area contributed by atoms with Gasteiger partial charge in [-0.2, -0.15) is 0 Å². The van der Waals surface area contributed by atoms with Crippen LogP contribution in [0.3, 0.4) is 0 Å². The largest absolute Gasteiger partial charge is 0.309 e. The van der Waals surface area contributed by atoms with Crippen LogP contribution in [0.15, 0.2) is 194 Å². The van der Waals surface area contributed by atoms with Gasteiger partial charge in [0.1, 0.15) is 0 Å². The van der Waals surface area contributed by atoms with Crippen molar-refractivity contribution >= 4 is 43.4 Å². The van der Waals surface area contributed by atoms with Gasteiger partial charge in [0.25, 0.3) is 0 Å². The Morgan fingerprint density at radius 1 is 0.369 bits per heavy atom. The number of fused-ring (bicyclic) bond motifs is 7. The van der Waals surface area contributed by atoms with Crippen LogP contribution in [0.4, 0.5) is 0 Å². The summed E-state index contributed by atoms with van der Waals surface area (Å²) in [6.07, 6.45) is 2.34. The molecule has 2 heterocycles. The minimum atomic E-state index is 0.0788. The van der Waals surface area contributed by atoms with E-state index < -0.39 is 0 Å². The van der Waals surface area contributed by atoms with E-state index in [1.54, 1.807) is 0 Å². The molecule has 65 heavy (non-hydrogen) atoms. The predicted octanol–water partition coefficient (Wildman–Crippen LogP) is 16.0. The zero-order valence-corrected chi connectivity index (χ0v) is 37.2. The molecule has 0 bridgehead atoms. The number of benzene rings is 9. The minimum Gasteiger partial charge on any atom is -0.309 e. The Labute approximate surface area is 379 Å². The van der Waals surface area contributed by atoms with Crippen molar-refractivity contribution in [3.8, 4) is 62.1 Å². The van der Waals surface area contributed by atoms with Crippen molar-refractivity contribution in [1.29, 1.82) is 0 Å². The van der Waals surface area contributed by atoms with Crippen LogP contribution in [-0.2, 0) is 10.8 Å². The van der Waals surface area contributed by atoms with Crippen molar-refractivity contribution in [2.75, 3.05) is 0 Å². The molecule has 0 aliphatic heterocycles. The van der Waals surface area contributed by atoms with E-state index in [9.17, 15) is 0 Å². The molecule has 1 aliphatic carbocycles. The average molecular weight is 837 g/mol. The smallest absolute Gasteiger partial charge is 0.164 e. The summed E-state index contributed by atoms with van der Waals surface area (Å²) in [5.41, 5.74) is 14.2. The predicted molar refractivity (Wildman–Crippen MR) is 272 cm³/mol. The van der Waals surface area contributed by atoms with Gasteiger partial charge < -0.3 is 4.57 Å². The molecule has 0 saturated carbocycles. The van der Waals surface area contributed by atoms with Gasteiger partial charge in [0.05, 0.1) is 11.0 Å². The Balaban J connectivity index is 1.04. The molecule has 12 rings (SSSR count). The summed E-state index contributed by atoms with van der Waals surface area (Å²) in [6.45, 7) is 9.67. The standard InChI is InChI=1S/C61H48N4/c1-60(2)35-36-61(3,4)54-38-55-52(37-53(54)60)50-32-29-42-19-11-12-20-47(42)56(50)65(55)45-30-27-44(28-31-45)58-62-57(43-25-23-40(24-26-43)39-15-7-5-8-16-39)63-59(64-58)51-34-33-46(41-17-9-6-10-18-41)48-21-13-14-22-49(48)51/h5-34,37-38H,35-36H2,1-4H3. The van der Waals surface area contributed by atoms with E-state index in [2.05, 4.69) is 220 Å². The monoisotopic (exact) mass is 836 g/mol. The lowest BCUT2D eigenvalue weighted by atomic mass is 9.63. The summed E-state index contributed by atoms with van der Waals surface area (Å²) >= 11 is 0. The number of hydrogen-bond acceptors (Lipinski definition) is 3. The maximum Gasteiger partial charge on any atom is 0.164 e. The molecule has 0 atom stereocenters. The SMILES string of the molecule is CC1(C)CCC(C)(C)c2cc3c(cc21)c1ccc2ccccc2c1n3-c1ccc(-c2nc(-c3ccc(-c4ccccc4)cc3)nc(-c3ccc(-c4ccccc4)c4ccccc34)n2)cc1. The highest BCUT2D eigenvalue weighted by molar-refractivity contribution is 6.19. The maximum absolute atomic E-state index is 5.30. The van der Waals surface area contributed by atoms with Crippen LogP contribution in [0.5, 0.6) is 0 Å². The van der Waals surface area contributed by atoms with Crippen molar-refractivity contribution in [3.63, 3.8) is 0 Å². The van der Waals surface area contributed by atoms with Crippen molar-refractivity contribution < 1.29 is 0 Å². The Kier molecular flexibility index (Phi) is 8.96. The number of rotatable bonds is 6. The van der Waals surface area contributed by atoms with E-state index in [1.165, 1.54) is 66.8 Å². The van der Waals surface area contributed by atoms with Crippen LogP contribution in [0.2, 0.25) is 0 Å². The average Bonchev–Trinajstić information content (AvgIpc) is 3.69. The molecule has 0 radical (unpaired) electrons. The van der Waals surface area contributed by atoms with Crippen molar-refractivity contribution in [2.24, 2.45) is 0 Å². The van der Waals surface area contributed by atoms with Gasteiger partial charge in [0.15, 0.2) is 17.5 Å². The first kappa shape index (κ1) is 38.9. The highest BCUT2D eigenvalue weighted by atomic mass is 15.0. The second kappa shape index (κ2) is 15.0. The zero-order chi connectivity index (χ0) is 43.9. The summed E-state index contributed by atoms with van der Waals surface area (Å²) < 4.78 is 2.49. The summed E-state index contributed by atoms with van der Waals surface area (Å²) in [4.78, 5) is 15.8. The third kappa shape index (κ3) is 6.54. The first-order valence-corrected chi connectivity index (χ1v) is 22.8. The molecule has 0 saturated heterocycles. The molecular weight excluding hydrogens is 789 g/mol. The first-order chi connectivity index (χ1) is 31.7. The Bertz CT molecular complexity index is 3620. The van der Waals surface area contributed by atoms with Crippen LogP contribution in [-0.4, -0.2) is 19.5 Å². The van der Waals surface area contributed by atoms with Crippen LogP contribution in [0.25, 0.3) is 105 Å². The zero-order valence-electron chi connectivity index (χ0n) is 37.2. The third-order valence-electron chi connectivity index (χ3n) is 14.1. The summed E-state index contributed by atoms with van der Waals surface area (Å²) in [6, 6.07) is 69.8. The van der Waals surface area contributed by atoms with Crippen LogP contribution >= 0.6 is 0 Å². The second-order valence-corrected chi connectivity index (χ2v) is 19.1. The van der Waals surface area contributed by atoms with Crippen LogP contribution < -0.4 is 0 Å². The van der Waals surface area contributed by atoms with Gasteiger partial charge in [0.2, 0.25) is 0 Å². The lowest BCUT2D eigenvalue weighted by molar-refractivity contribution is 0.332. The van der Waals surface area contributed by atoms with Gasteiger partial charge >= 0.3 is 0 Å². The lowest BCUT2D eigenvalue weighted by Crippen LogP contribution is -2.33. The first-order valence-electron chi connectivity index (χ1n) is 22.8. The highest BCUT2D eigenvalue weighted by Gasteiger charge is 2.38. The lowest BCUT2D eigenvalue weighted by Gasteiger charge is -2.42. The summed E-state index contributed by atoms with van der Waals surface area (Å²) in [5, 5.41) is 7.31. The maximum atomic E-state index is 5.30. The van der Waals surface area contributed by atoms with Crippen molar-refractivity contribution in [2.45, 2.75) is 51.4 Å². The molecule has 4 heteroatoms. The Hall–Kier alpha value is -7.69. The van der Waals surface area contributed by atoms with Crippen LogP contribution in [0, 0.1) is 0 Å². The number of hydrogen-bond donors (Lipinski definition) is 0.